The third-order valence-corrected chi connectivity index (χ3v) is 7.58. The van der Waals surface area contributed by atoms with Crippen molar-refractivity contribution in [1.29, 1.82) is 0 Å². The first-order valence-corrected chi connectivity index (χ1v) is 12.5. The molecular formula is C26H29FN6O2. The second-order valence-corrected chi connectivity index (χ2v) is 9.99. The van der Waals surface area contributed by atoms with Crippen LogP contribution in [0.3, 0.4) is 0 Å². The minimum absolute atomic E-state index is 0.0861. The maximum Gasteiger partial charge on any atom is 0.270 e. The first-order chi connectivity index (χ1) is 17.0. The summed E-state index contributed by atoms with van der Waals surface area (Å²) in [5, 5.41) is 3.27. The number of carbonyl (C=O) groups is 1. The van der Waals surface area contributed by atoms with Crippen molar-refractivity contribution in [1.82, 2.24) is 25.2 Å². The highest BCUT2D eigenvalue weighted by Gasteiger charge is 2.32. The van der Waals surface area contributed by atoms with Crippen LogP contribution in [0, 0.1) is 5.82 Å². The third-order valence-electron chi connectivity index (χ3n) is 7.58. The minimum Gasteiger partial charge on any atom is -0.370 e. The van der Waals surface area contributed by atoms with E-state index in [-0.39, 0.29) is 17.4 Å². The number of pyridine rings is 3. The summed E-state index contributed by atoms with van der Waals surface area (Å²) in [4.78, 5) is 41.0. The maximum absolute atomic E-state index is 13.5. The van der Waals surface area contributed by atoms with Crippen molar-refractivity contribution >= 4 is 22.5 Å². The Morgan fingerprint density at radius 3 is 2.60 bits per heavy atom. The van der Waals surface area contributed by atoms with Crippen LogP contribution >= 0.6 is 0 Å². The Balaban J connectivity index is 1.05. The largest absolute Gasteiger partial charge is 0.370 e. The molecule has 3 aromatic heterocycles. The zero-order valence-electron chi connectivity index (χ0n) is 19.5. The zero-order chi connectivity index (χ0) is 23.9. The van der Waals surface area contributed by atoms with Gasteiger partial charge in [0, 0.05) is 43.3 Å². The van der Waals surface area contributed by atoms with Crippen molar-refractivity contribution in [2.45, 2.75) is 50.1 Å². The van der Waals surface area contributed by atoms with Crippen molar-refractivity contribution in [3.05, 3.63) is 64.2 Å². The molecule has 0 aromatic carbocycles. The Hall–Kier alpha value is -3.33. The molecule has 1 aliphatic carbocycles. The third kappa shape index (κ3) is 4.65. The first-order valence-electron chi connectivity index (χ1n) is 12.5. The fourth-order valence-corrected chi connectivity index (χ4v) is 5.40. The number of hydrogen-bond acceptors (Lipinski definition) is 6. The average molecular weight is 477 g/mol. The summed E-state index contributed by atoms with van der Waals surface area (Å²) in [5.74, 6) is -0.340. The number of piperidine rings is 1. The van der Waals surface area contributed by atoms with Crippen LogP contribution in [-0.4, -0.2) is 64.0 Å². The molecule has 0 radical (unpaired) electrons. The van der Waals surface area contributed by atoms with Crippen molar-refractivity contribution in [2.75, 3.05) is 31.1 Å². The van der Waals surface area contributed by atoms with Crippen LogP contribution in [0.2, 0.25) is 0 Å². The molecule has 6 rings (SSSR count). The Labute approximate surface area is 202 Å². The van der Waals surface area contributed by atoms with Gasteiger partial charge in [-0.3, -0.25) is 19.5 Å². The lowest BCUT2D eigenvalue weighted by Crippen LogP contribution is -2.44. The van der Waals surface area contributed by atoms with Crippen LogP contribution in [0.1, 0.15) is 54.2 Å². The molecule has 35 heavy (non-hydrogen) atoms. The smallest absolute Gasteiger partial charge is 0.270 e. The van der Waals surface area contributed by atoms with Gasteiger partial charge in [-0.15, -0.1) is 0 Å². The molecule has 1 amide bonds. The number of nitrogens with zero attached hydrogens (tertiary/aromatic N) is 4. The lowest BCUT2D eigenvalue weighted by Gasteiger charge is -2.37. The van der Waals surface area contributed by atoms with Crippen LogP contribution in [0.4, 0.5) is 10.1 Å². The summed E-state index contributed by atoms with van der Waals surface area (Å²) in [5.41, 5.74) is 2.69. The van der Waals surface area contributed by atoms with Crippen molar-refractivity contribution in [3.63, 3.8) is 0 Å². The van der Waals surface area contributed by atoms with E-state index in [9.17, 15) is 14.0 Å². The van der Waals surface area contributed by atoms with Gasteiger partial charge in [0.25, 0.3) is 11.5 Å². The summed E-state index contributed by atoms with van der Waals surface area (Å²) < 4.78 is 13.5. The average Bonchev–Trinajstić information content (AvgIpc) is 3.55. The van der Waals surface area contributed by atoms with Gasteiger partial charge in [0.15, 0.2) is 0 Å². The van der Waals surface area contributed by atoms with E-state index in [2.05, 4.69) is 30.1 Å². The van der Waals surface area contributed by atoms with Crippen LogP contribution in [-0.2, 0) is 0 Å². The van der Waals surface area contributed by atoms with E-state index in [1.54, 1.807) is 0 Å². The number of fused-ring (bicyclic) bond motifs is 1. The van der Waals surface area contributed by atoms with E-state index in [0.29, 0.717) is 28.7 Å². The SMILES string of the molecule is O=C(NC1CC1)c1ccc(N2CCC(N3CCC(c4cc5ncc(F)cc5c(=O)[nH]4)C3)CC2)cn1. The molecule has 2 aliphatic heterocycles. The lowest BCUT2D eigenvalue weighted by molar-refractivity contribution is 0.0946. The van der Waals surface area contributed by atoms with Gasteiger partial charge in [0.1, 0.15) is 11.5 Å². The number of aromatic nitrogens is 3. The number of hydrogen-bond donors (Lipinski definition) is 2. The molecule has 3 fully saturated rings. The maximum atomic E-state index is 13.5. The van der Waals surface area contributed by atoms with Crippen molar-refractivity contribution < 1.29 is 9.18 Å². The molecule has 0 bridgehead atoms. The van der Waals surface area contributed by atoms with Gasteiger partial charge in [-0.2, -0.15) is 0 Å². The topological polar surface area (TPSA) is 94.2 Å². The van der Waals surface area contributed by atoms with E-state index < -0.39 is 5.82 Å². The molecule has 2 N–H and O–H groups in total. The van der Waals surface area contributed by atoms with Gasteiger partial charge in [-0.25, -0.2) is 9.37 Å². The summed E-state index contributed by atoms with van der Waals surface area (Å²) in [7, 11) is 0. The lowest BCUT2D eigenvalue weighted by atomic mass is 10.0. The van der Waals surface area contributed by atoms with E-state index in [4.69, 9.17) is 0 Å². The molecule has 1 saturated carbocycles. The van der Waals surface area contributed by atoms with Crippen LogP contribution in [0.15, 0.2) is 41.5 Å². The summed E-state index contributed by atoms with van der Waals surface area (Å²) in [6.07, 6.45) is 8.20. The number of aromatic amines is 1. The molecule has 1 unspecified atom stereocenters. The quantitative estimate of drug-likeness (QED) is 0.588. The van der Waals surface area contributed by atoms with Crippen molar-refractivity contribution in [2.24, 2.45) is 0 Å². The summed E-state index contributed by atoms with van der Waals surface area (Å²) in [6.45, 7) is 3.80. The molecular weight excluding hydrogens is 447 g/mol. The summed E-state index contributed by atoms with van der Waals surface area (Å²) >= 11 is 0. The summed E-state index contributed by atoms with van der Waals surface area (Å²) in [6, 6.07) is 7.79. The van der Waals surface area contributed by atoms with Gasteiger partial charge in [-0.05, 0) is 62.9 Å². The standard InChI is InChI=1S/C26H29FN6O2/c27-17-11-21-24(28-13-17)12-23(31-25(21)34)16-5-8-33(15-16)19-6-9-32(10-7-19)20-3-4-22(29-14-20)26(35)30-18-1-2-18/h3-4,11-14,16,18-19H,1-2,5-10,15H2,(H,30,35)(H,31,34). The number of anilines is 1. The molecule has 2 saturated heterocycles. The van der Waals surface area contributed by atoms with Gasteiger partial charge in [0.05, 0.1) is 29.0 Å². The van der Waals surface area contributed by atoms with Crippen LogP contribution in [0.25, 0.3) is 10.9 Å². The number of nitrogens with one attached hydrogen (secondary N) is 2. The van der Waals surface area contributed by atoms with Gasteiger partial charge in [-0.1, -0.05) is 0 Å². The van der Waals surface area contributed by atoms with Crippen LogP contribution < -0.4 is 15.8 Å². The molecule has 9 heteroatoms. The van der Waals surface area contributed by atoms with Gasteiger partial charge >= 0.3 is 0 Å². The Morgan fingerprint density at radius 1 is 1.03 bits per heavy atom. The minimum atomic E-state index is -0.500. The Morgan fingerprint density at radius 2 is 1.86 bits per heavy atom. The second-order valence-electron chi connectivity index (χ2n) is 9.99. The molecule has 182 valence electrons. The highest BCUT2D eigenvalue weighted by molar-refractivity contribution is 5.92. The monoisotopic (exact) mass is 476 g/mol. The number of carbonyl (C=O) groups excluding carboxylic acids is 1. The number of halogens is 1. The van der Waals surface area contributed by atoms with Crippen molar-refractivity contribution in [3.8, 4) is 0 Å². The molecule has 0 spiro atoms. The zero-order valence-corrected chi connectivity index (χ0v) is 19.5. The predicted octanol–water partition coefficient (Wildman–Crippen LogP) is 2.81. The van der Waals surface area contributed by atoms with E-state index in [1.807, 2.05) is 24.4 Å². The van der Waals surface area contributed by atoms with E-state index in [0.717, 1.165) is 75.9 Å². The van der Waals surface area contributed by atoms with Crippen LogP contribution in [0.5, 0.6) is 0 Å². The Bertz CT molecular complexity index is 1300. The highest BCUT2D eigenvalue weighted by atomic mass is 19.1. The normalized spacial score (nSPS) is 21.5. The molecule has 1 atom stereocenters. The van der Waals surface area contributed by atoms with Gasteiger partial charge < -0.3 is 15.2 Å². The molecule has 5 heterocycles. The molecule has 3 aromatic rings. The molecule has 3 aliphatic rings. The Kier molecular flexibility index (Phi) is 5.72. The van der Waals surface area contributed by atoms with Gasteiger partial charge in [0.2, 0.25) is 0 Å². The van der Waals surface area contributed by atoms with E-state index in [1.165, 1.54) is 6.07 Å². The second kappa shape index (κ2) is 9.03. The first kappa shape index (κ1) is 22.2. The highest BCUT2D eigenvalue weighted by Crippen LogP contribution is 2.31. The fraction of sp³-hybridized carbons (Fsp3) is 0.462. The number of H-pyrrole nitrogens is 1. The molecule has 8 nitrogen and oxygen atoms in total. The number of amides is 1. The fourth-order valence-electron chi connectivity index (χ4n) is 5.40. The predicted molar refractivity (Wildman–Crippen MR) is 131 cm³/mol. The number of likely N-dealkylation sites (tertiary alicyclic amines) is 1. The number of rotatable bonds is 5. The van der Waals surface area contributed by atoms with E-state index >= 15 is 0 Å².